The van der Waals surface area contributed by atoms with Gasteiger partial charge in [0, 0.05) is 23.9 Å². The highest BCUT2D eigenvalue weighted by atomic mass is 32.1. The van der Waals surface area contributed by atoms with Crippen molar-refractivity contribution in [2.45, 2.75) is 38.6 Å². The predicted octanol–water partition coefficient (Wildman–Crippen LogP) is 2.28. The van der Waals surface area contributed by atoms with Gasteiger partial charge in [-0.3, -0.25) is 4.79 Å². The van der Waals surface area contributed by atoms with Crippen LogP contribution in [0.3, 0.4) is 0 Å². The molecule has 0 bridgehead atoms. The van der Waals surface area contributed by atoms with Gasteiger partial charge in [-0.25, -0.2) is 0 Å². The van der Waals surface area contributed by atoms with Gasteiger partial charge in [0.15, 0.2) is 0 Å². The summed E-state index contributed by atoms with van der Waals surface area (Å²) in [7, 11) is 0. The summed E-state index contributed by atoms with van der Waals surface area (Å²) in [6.45, 7) is 5.03. The van der Waals surface area contributed by atoms with Gasteiger partial charge < -0.3 is 10.2 Å². The van der Waals surface area contributed by atoms with E-state index in [0.29, 0.717) is 11.9 Å². The van der Waals surface area contributed by atoms with Crippen LogP contribution in [0.15, 0.2) is 17.5 Å². The van der Waals surface area contributed by atoms with Crippen molar-refractivity contribution in [2.24, 2.45) is 0 Å². The van der Waals surface area contributed by atoms with Crippen molar-refractivity contribution in [1.29, 1.82) is 0 Å². The molecule has 1 atom stereocenters. The number of carbonyl (C=O) groups excluding carboxylic acids is 1. The zero-order valence-electron chi connectivity index (χ0n) is 11.0. The third-order valence-electron chi connectivity index (χ3n) is 3.54. The molecule has 0 saturated carbocycles. The molecule has 2 rings (SSSR count). The third-order valence-corrected chi connectivity index (χ3v) is 4.47. The largest absolute Gasteiger partial charge is 0.339 e. The average molecular weight is 266 g/mol. The Kier molecular flexibility index (Phi) is 5.20. The lowest BCUT2D eigenvalue weighted by molar-refractivity contribution is -0.128. The van der Waals surface area contributed by atoms with E-state index >= 15 is 0 Å². The van der Waals surface area contributed by atoms with Crippen LogP contribution < -0.4 is 5.32 Å². The number of nitrogens with zero attached hydrogens (tertiary/aromatic N) is 1. The summed E-state index contributed by atoms with van der Waals surface area (Å²) in [6, 6.07) is 4.68. The Bertz CT molecular complexity index is 364. The van der Waals surface area contributed by atoms with Gasteiger partial charge in [-0.1, -0.05) is 13.0 Å². The van der Waals surface area contributed by atoms with Gasteiger partial charge in [0.2, 0.25) is 5.91 Å². The first-order chi connectivity index (χ1) is 8.81. The molecule has 1 N–H and O–H groups in total. The molecule has 18 heavy (non-hydrogen) atoms. The first-order valence-corrected chi connectivity index (χ1v) is 7.71. The van der Waals surface area contributed by atoms with E-state index in [-0.39, 0.29) is 0 Å². The number of amides is 1. The van der Waals surface area contributed by atoms with Crippen molar-refractivity contribution < 1.29 is 4.79 Å². The molecule has 1 saturated heterocycles. The first-order valence-electron chi connectivity index (χ1n) is 6.84. The normalized spacial score (nSPS) is 19.7. The number of thiophene rings is 1. The van der Waals surface area contributed by atoms with Crippen LogP contribution in [0.25, 0.3) is 0 Å². The maximum atomic E-state index is 11.9. The highest BCUT2D eigenvalue weighted by Crippen LogP contribution is 2.22. The number of nitrogens with one attached hydrogen (secondary N) is 1. The minimum absolute atomic E-state index is 0.341. The molecule has 0 radical (unpaired) electrons. The Balaban J connectivity index is 1.81. The van der Waals surface area contributed by atoms with E-state index < -0.39 is 0 Å². The standard InChI is InChI=1S/C14H22N2OS/c1-2-15-9-7-12-5-6-14(17)16(12)10-8-13-4-3-11-18-13/h3-4,11-12,15H,2,5-10H2,1H3. The monoisotopic (exact) mass is 266 g/mol. The van der Waals surface area contributed by atoms with E-state index in [1.807, 2.05) is 0 Å². The van der Waals surface area contributed by atoms with E-state index in [1.165, 1.54) is 4.88 Å². The predicted molar refractivity (Wildman–Crippen MR) is 75.9 cm³/mol. The number of rotatable bonds is 7. The molecular weight excluding hydrogens is 244 g/mol. The fourth-order valence-corrected chi connectivity index (χ4v) is 3.23. The minimum atomic E-state index is 0.341. The van der Waals surface area contributed by atoms with Gasteiger partial charge in [0.05, 0.1) is 0 Å². The Hall–Kier alpha value is -0.870. The van der Waals surface area contributed by atoms with Crippen LogP contribution in [0.5, 0.6) is 0 Å². The molecule has 0 aromatic carbocycles. The molecule has 1 amide bonds. The van der Waals surface area contributed by atoms with Gasteiger partial charge in [-0.2, -0.15) is 0 Å². The second-order valence-corrected chi connectivity index (χ2v) is 5.78. The summed E-state index contributed by atoms with van der Waals surface area (Å²) in [5, 5.41) is 5.45. The number of likely N-dealkylation sites (tertiary alicyclic amines) is 1. The Morgan fingerprint density at radius 1 is 1.56 bits per heavy atom. The fraction of sp³-hybridized carbons (Fsp3) is 0.643. The van der Waals surface area contributed by atoms with Crippen LogP contribution >= 0.6 is 11.3 Å². The molecule has 1 aliphatic rings. The van der Waals surface area contributed by atoms with Crippen LogP contribution in [0, 0.1) is 0 Å². The molecule has 4 heteroatoms. The van der Waals surface area contributed by atoms with Crippen molar-refractivity contribution in [3.63, 3.8) is 0 Å². The molecule has 1 aromatic heterocycles. The zero-order valence-corrected chi connectivity index (χ0v) is 11.8. The van der Waals surface area contributed by atoms with Crippen molar-refractivity contribution in [2.75, 3.05) is 19.6 Å². The second kappa shape index (κ2) is 6.90. The Labute approximate surface area is 113 Å². The van der Waals surface area contributed by atoms with Crippen LogP contribution in [0.4, 0.5) is 0 Å². The highest BCUT2D eigenvalue weighted by molar-refractivity contribution is 7.09. The number of carbonyl (C=O) groups is 1. The molecule has 2 heterocycles. The van der Waals surface area contributed by atoms with E-state index in [2.05, 4.69) is 34.7 Å². The third kappa shape index (κ3) is 3.56. The Morgan fingerprint density at radius 3 is 3.17 bits per heavy atom. The highest BCUT2D eigenvalue weighted by Gasteiger charge is 2.29. The van der Waals surface area contributed by atoms with Gasteiger partial charge in [-0.05, 0) is 43.8 Å². The van der Waals surface area contributed by atoms with Crippen molar-refractivity contribution in [3.05, 3.63) is 22.4 Å². The summed E-state index contributed by atoms with van der Waals surface area (Å²) < 4.78 is 0. The van der Waals surface area contributed by atoms with Crippen LogP contribution in [0.1, 0.15) is 31.1 Å². The Morgan fingerprint density at radius 2 is 2.44 bits per heavy atom. The lowest BCUT2D eigenvalue weighted by atomic mass is 10.1. The summed E-state index contributed by atoms with van der Waals surface area (Å²) in [5.74, 6) is 0.341. The first kappa shape index (κ1) is 13.6. The van der Waals surface area contributed by atoms with Gasteiger partial charge >= 0.3 is 0 Å². The van der Waals surface area contributed by atoms with E-state index in [9.17, 15) is 4.79 Å². The quantitative estimate of drug-likeness (QED) is 0.768. The number of hydrogen-bond donors (Lipinski definition) is 1. The van der Waals surface area contributed by atoms with E-state index in [1.54, 1.807) is 11.3 Å². The molecule has 1 fully saturated rings. The van der Waals surface area contributed by atoms with Crippen molar-refractivity contribution in [1.82, 2.24) is 10.2 Å². The molecule has 0 spiro atoms. The summed E-state index contributed by atoms with van der Waals surface area (Å²) in [4.78, 5) is 15.4. The van der Waals surface area contributed by atoms with E-state index in [4.69, 9.17) is 0 Å². The lowest BCUT2D eigenvalue weighted by Crippen LogP contribution is -2.36. The summed E-state index contributed by atoms with van der Waals surface area (Å²) >= 11 is 1.78. The van der Waals surface area contributed by atoms with Crippen LogP contribution in [0.2, 0.25) is 0 Å². The van der Waals surface area contributed by atoms with Gasteiger partial charge in [0.25, 0.3) is 0 Å². The van der Waals surface area contributed by atoms with Crippen molar-refractivity contribution >= 4 is 17.2 Å². The molecule has 1 aliphatic heterocycles. The molecule has 3 nitrogen and oxygen atoms in total. The average Bonchev–Trinajstić information content (AvgIpc) is 2.98. The lowest BCUT2D eigenvalue weighted by Gasteiger charge is -2.24. The minimum Gasteiger partial charge on any atom is -0.339 e. The molecular formula is C14H22N2OS. The zero-order chi connectivity index (χ0) is 12.8. The van der Waals surface area contributed by atoms with Gasteiger partial charge in [-0.15, -0.1) is 11.3 Å². The second-order valence-electron chi connectivity index (χ2n) is 4.75. The smallest absolute Gasteiger partial charge is 0.222 e. The summed E-state index contributed by atoms with van der Waals surface area (Å²) in [5.41, 5.74) is 0. The number of hydrogen-bond acceptors (Lipinski definition) is 3. The fourth-order valence-electron chi connectivity index (χ4n) is 2.53. The van der Waals surface area contributed by atoms with E-state index in [0.717, 1.165) is 45.3 Å². The molecule has 0 aliphatic carbocycles. The summed E-state index contributed by atoms with van der Waals surface area (Å²) in [6.07, 6.45) is 3.86. The molecule has 100 valence electrons. The maximum Gasteiger partial charge on any atom is 0.222 e. The molecule has 1 aromatic rings. The topological polar surface area (TPSA) is 32.3 Å². The van der Waals surface area contributed by atoms with Crippen molar-refractivity contribution in [3.8, 4) is 0 Å². The van der Waals surface area contributed by atoms with Crippen LogP contribution in [-0.2, 0) is 11.2 Å². The maximum absolute atomic E-state index is 11.9. The van der Waals surface area contributed by atoms with Crippen LogP contribution in [-0.4, -0.2) is 36.5 Å². The SMILES string of the molecule is CCNCCC1CCC(=O)N1CCc1cccs1. The molecule has 1 unspecified atom stereocenters. The van der Waals surface area contributed by atoms with Gasteiger partial charge in [0.1, 0.15) is 0 Å².